The van der Waals surface area contributed by atoms with Crippen molar-refractivity contribution in [3.8, 4) is 5.75 Å². The third-order valence-electron chi connectivity index (χ3n) is 4.18. The van der Waals surface area contributed by atoms with Gasteiger partial charge in [0.1, 0.15) is 12.4 Å². The third-order valence-corrected chi connectivity index (χ3v) is 4.18. The molecular weight excluding hydrogens is 334 g/mol. The van der Waals surface area contributed by atoms with E-state index >= 15 is 0 Å². The lowest BCUT2D eigenvalue weighted by molar-refractivity contribution is -0.121. The number of amides is 2. The highest BCUT2D eigenvalue weighted by molar-refractivity contribution is 5.95. The number of anilines is 1. The number of hydrogen-bond acceptors (Lipinski definition) is 5. The van der Waals surface area contributed by atoms with E-state index in [-0.39, 0.29) is 17.9 Å². The van der Waals surface area contributed by atoms with Gasteiger partial charge >= 0.3 is 0 Å². The fourth-order valence-corrected chi connectivity index (χ4v) is 2.65. The average Bonchev–Trinajstić information content (AvgIpc) is 2.62. The van der Waals surface area contributed by atoms with E-state index in [0.717, 1.165) is 11.3 Å². The summed E-state index contributed by atoms with van der Waals surface area (Å²) in [6, 6.07) is 5.21. The van der Waals surface area contributed by atoms with Gasteiger partial charge in [0.25, 0.3) is 5.91 Å². The SMILES string of the molecule is C=C(C)CNC(=O)CC1COc2ccc(C(=O)NCCOC)cc2N1C. The Kier molecular flexibility index (Phi) is 7.03. The average molecular weight is 361 g/mol. The zero-order valence-electron chi connectivity index (χ0n) is 15.6. The van der Waals surface area contributed by atoms with E-state index in [1.807, 2.05) is 18.9 Å². The fourth-order valence-electron chi connectivity index (χ4n) is 2.65. The quantitative estimate of drug-likeness (QED) is 0.540. The second kappa shape index (κ2) is 9.24. The van der Waals surface area contributed by atoms with Crippen LogP contribution >= 0.6 is 0 Å². The minimum atomic E-state index is -0.167. The lowest BCUT2D eigenvalue weighted by Gasteiger charge is -2.35. The Balaban J connectivity index is 2.04. The molecule has 2 N–H and O–H groups in total. The Morgan fingerprint density at radius 2 is 2.15 bits per heavy atom. The van der Waals surface area contributed by atoms with Gasteiger partial charge in [-0.15, -0.1) is 0 Å². The van der Waals surface area contributed by atoms with Crippen LogP contribution in [0.3, 0.4) is 0 Å². The Bertz CT molecular complexity index is 675. The molecule has 1 aromatic rings. The summed E-state index contributed by atoms with van der Waals surface area (Å²) < 4.78 is 10.7. The number of methoxy groups -OCH3 is 1. The molecule has 2 rings (SSSR count). The van der Waals surface area contributed by atoms with Gasteiger partial charge in [0.05, 0.1) is 24.8 Å². The number of carbonyl (C=O) groups is 2. The predicted octanol–water partition coefficient (Wildman–Crippen LogP) is 1.34. The Hall–Kier alpha value is -2.54. The topological polar surface area (TPSA) is 79.9 Å². The van der Waals surface area contributed by atoms with Crippen molar-refractivity contribution in [2.45, 2.75) is 19.4 Å². The highest BCUT2D eigenvalue weighted by atomic mass is 16.5. The van der Waals surface area contributed by atoms with Gasteiger partial charge in [-0.1, -0.05) is 12.2 Å². The van der Waals surface area contributed by atoms with Crippen LogP contribution in [0.4, 0.5) is 5.69 Å². The monoisotopic (exact) mass is 361 g/mol. The van der Waals surface area contributed by atoms with Crippen LogP contribution in [0.5, 0.6) is 5.75 Å². The van der Waals surface area contributed by atoms with Crippen molar-refractivity contribution in [3.05, 3.63) is 35.9 Å². The van der Waals surface area contributed by atoms with Crippen molar-refractivity contribution >= 4 is 17.5 Å². The van der Waals surface area contributed by atoms with Crippen molar-refractivity contribution in [2.75, 3.05) is 45.4 Å². The lowest BCUT2D eigenvalue weighted by Crippen LogP contribution is -2.44. The van der Waals surface area contributed by atoms with Crippen molar-refractivity contribution in [1.29, 1.82) is 0 Å². The maximum atomic E-state index is 12.2. The summed E-state index contributed by atoms with van der Waals surface area (Å²) in [6.07, 6.45) is 0.313. The van der Waals surface area contributed by atoms with E-state index in [1.54, 1.807) is 25.3 Å². The first-order chi connectivity index (χ1) is 12.4. The number of carbonyl (C=O) groups excluding carboxylic acids is 2. The summed E-state index contributed by atoms with van der Waals surface area (Å²) in [6.45, 7) is 7.44. The van der Waals surface area contributed by atoms with E-state index in [4.69, 9.17) is 9.47 Å². The molecule has 0 spiro atoms. The van der Waals surface area contributed by atoms with Crippen LogP contribution in [0.15, 0.2) is 30.4 Å². The number of likely N-dealkylation sites (N-methyl/N-ethyl adjacent to an activating group) is 1. The predicted molar refractivity (Wildman–Crippen MR) is 101 cm³/mol. The van der Waals surface area contributed by atoms with Crippen LogP contribution in [-0.4, -0.2) is 58.3 Å². The van der Waals surface area contributed by atoms with Gasteiger partial charge in [0.2, 0.25) is 5.91 Å². The van der Waals surface area contributed by atoms with Crippen LogP contribution in [0.25, 0.3) is 0 Å². The molecule has 1 aliphatic rings. The molecule has 26 heavy (non-hydrogen) atoms. The molecule has 0 aliphatic carbocycles. The van der Waals surface area contributed by atoms with Gasteiger partial charge in [-0.3, -0.25) is 9.59 Å². The standard InChI is InChI=1S/C19H27N3O4/c1-13(2)11-21-18(23)10-15-12-26-17-6-5-14(9-16(17)22(15)3)19(24)20-7-8-25-4/h5-6,9,15H,1,7-8,10-12H2,2-4H3,(H,20,24)(H,21,23). The number of nitrogens with zero attached hydrogens (tertiary/aromatic N) is 1. The lowest BCUT2D eigenvalue weighted by atomic mass is 10.1. The van der Waals surface area contributed by atoms with Gasteiger partial charge in [-0.25, -0.2) is 0 Å². The van der Waals surface area contributed by atoms with E-state index in [2.05, 4.69) is 17.2 Å². The Morgan fingerprint density at radius 3 is 2.85 bits per heavy atom. The molecule has 1 unspecified atom stereocenters. The van der Waals surface area contributed by atoms with E-state index < -0.39 is 0 Å². The number of nitrogens with one attached hydrogen (secondary N) is 2. The van der Waals surface area contributed by atoms with E-state index in [1.165, 1.54) is 0 Å². The minimum absolute atomic E-state index is 0.0506. The highest BCUT2D eigenvalue weighted by Gasteiger charge is 2.27. The first kappa shape index (κ1) is 19.8. The number of benzene rings is 1. The highest BCUT2D eigenvalue weighted by Crippen LogP contribution is 2.34. The second-order valence-electron chi connectivity index (χ2n) is 6.44. The van der Waals surface area contributed by atoms with Gasteiger partial charge in [-0.2, -0.15) is 0 Å². The Morgan fingerprint density at radius 1 is 1.38 bits per heavy atom. The fraction of sp³-hybridized carbons (Fsp3) is 0.474. The van der Waals surface area contributed by atoms with E-state index in [0.29, 0.717) is 44.0 Å². The molecule has 142 valence electrons. The molecule has 0 aromatic heterocycles. The summed E-state index contributed by atoms with van der Waals surface area (Å²) in [5.41, 5.74) is 2.25. The summed E-state index contributed by atoms with van der Waals surface area (Å²) >= 11 is 0. The van der Waals surface area contributed by atoms with Gasteiger partial charge in [0, 0.05) is 32.8 Å². The van der Waals surface area contributed by atoms with Crippen molar-refractivity contribution in [3.63, 3.8) is 0 Å². The minimum Gasteiger partial charge on any atom is -0.489 e. The van der Waals surface area contributed by atoms with Crippen molar-refractivity contribution in [2.24, 2.45) is 0 Å². The molecule has 0 fully saturated rings. The number of ether oxygens (including phenoxy) is 2. The zero-order chi connectivity index (χ0) is 19.1. The first-order valence-electron chi connectivity index (χ1n) is 8.60. The summed E-state index contributed by atoms with van der Waals surface area (Å²) in [7, 11) is 3.49. The molecule has 0 saturated heterocycles. The molecule has 1 atom stereocenters. The molecule has 1 aliphatic heterocycles. The van der Waals surface area contributed by atoms with Crippen LogP contribution in [-0.2, 0) is 9.53 Å². The molecule has 1 heterocycles. The molecule has 7 heteroatoms. The van der Waals surface area contributed by atoms with Crippen LogP contribution in [0, 0.1) is 0 Å². The molecule has 1 aromatic carbocycles. The summed E-state index contributed by atoms with van der Waals surface area (Å²) in [5.74, 6) is 0.490. The molecule has 2 amide bonds. The van der Waals surface area contributed by atoms with Crippen LogP contribution in [0.1, 0.15) is 23.7 Å². The van der Waals surface area contributed by atoms with Crippen LogP contribution in [0.2, 0.25) is 0 Å². The van der Waals surface area contributed by atoms with Crippen molar-refractivity contribution in [1.82, 2.24) is 10.6 Å². The smallest absolute Gasteiger partial charge is 0.251 e. The zero-order valence-corrected chi connectivity index (χ0v) is 15.6. The largest absolute Gasteiger partial charge is 0.489 e. The summed E-state index contributed by atoms with van der Waals surface area (Å²) in [5, 5.41) is 5.63. The maximum absolute atomic E-state index is 12.2. The number of fused-ring (bicyclic) bond motifs is 1. The number of hydrogen-bond donors (Lipinski definition) is 2. The molecule has 0 saturated carbocycles. The molecule has 0 bridgehead atoms. The van der Waals surface area contributed by atoms with Gasteiger partial charge in [-0.05, 0) is 25.1 Å². The van der Waals surface area contributed by atoms with Crippen molar-refractivity contribution < 1.29 is 19.1 Å². The normalized spacial score (nSPS) is 15.7. The maximum Gasteiger partial charge on any atom is 0.251 e. The molecule has 0 radical (unpaired) electrons. The Labute approximate surface area is 154 Å². The summed E-state index contributed by atoms with van der Waals surface area (Å²) in [4.78, 5) is 26.3. The molecular formula is C19H27N3O4. The third kappa shape index (κ3) is 5.23. The van der Waals surface area contributed by atoms with E-state index in [9.17, 15) is 9.59 Å². The van der Waals surface area contributed by atoms with Crippen LogP contribution < -0.4 is 20.3 Å². The van der Waals surface area contributed by atoms with Gasteiger partial charge in [0.15, 0.2) is 0 Å². The van der Waals surface area contributed by atoms with Gasteiger partial charge < -0.3 is 25.0 Å². The molecule has 7 nitrogen and oxygen atoms in total. The second-order valence-corrected chi connectivity index (χ2v) is 6.44. The number of rotatable bonds is 8. The first-order valence-corrected chi connectivity index (χ1v) is 8.60.